The highest BCUT2D eigenvalue weighted by Gasteiger charge is 2.49. The fourth-order valence-electron chi connectivity index (χ4n) is 3.30. The van der Waals surface area contributed by atoms with Gasteiger partial charge in [0.15, 0.2) is 6.17 Å². The summed E-state index contributed by atoms with van der Waals surface area (Å²) in [5.41, 5.74) is 0.448. The highest BCUT2D eigenvalue weighted by molar-refractivity contribution is 8.24. The predicted molar refractivity (Wildman–Crippen MR) is 121 cm³/mol. The molecule has 0 amide bonds. The molecule has 0 spiro atoms. The summed E-state index contributed by atoms with van der Waals surface area (Å²) in [5.74, 6) is -0.819. The van der Waals surface area contributed by atoms with Crippen molar-refractivity contribution in [2.24, 2.45) is 0 Å². The van der Waals surface area contributed by atoms with Crippen LogP contribution in [0.1, 0.15) is 20.0 Å². The van der Waals surface area contributed by atoms with Gasteiger partial charge in [-0.25, -0.2) is 9.59 Å². The lowest BCUT2D eigenvalue weighted by Crippen LogP contribution is -2.42. The molecule has 2 heterocycles. The number of thiocarbonyl (C=S) groups is 1. The second-order valence-corrected chi connectivity index (χ2v) is 10.1. The maximum absolute atomic E-state index is 13.2. The standard InChI is InChI=1S/C19H15Cl2N3O3S2/c1-19(2)15(22(18(28)29-19)11-6-4-3-5-7-11)24-16(25)23(17(26)27-24)12-8-9-13(20)14(21)10-12/h3-10,15H,1-2H3. The molecule has 1 atom stereocenters. The lowest BCUT2D eigenvalue weighted by Gasteiger charge is -2.30. The van der Waals surface area contributed by atoms with Crippen molar-refractivity contribution in [2.45, 2.75) is 24.8 Å². The van der Waals surface area contributed by atoms with Gasteiger partial charge in [0, 0.05) is 5.69 Å². The molecular weight excluding hydrogens is 453 g/mol. The molecular formula is C19H15Cl2N3O3S2. The zero-order valence-electron chi connectivity index (χ0n) is 15.3. The Hall–Kier alpha value is -2.00. The Labute approximate surface area is 185 Å². The van der Waals surface area contributed by atoms with Crippen molar-refractivity contribution in [2.75, 3.05) is 4.90 Å². The van der Waals surface area contributed by atoms with Crippen LogP contribution in [0, 0.1) is 0 Å². The smallest absolute Gasteiger partial charge is 0.314 e. The van der Waals surface area contributed by atoms with E-state index in [2.05, 4.69) is 0 Å². The number of aromatic nitrogens is 2. The molecule has 6 nitrogen and oxygen atoms in total. The van der Waals surface area contributed by atoms with E-state index >= 15 is 0 Å². The van der Waals surface area contributed by atoms with Crippen molar-refractivity contribution in [1.29, 1.82) is 0 Å². The molecule has 1 fully saturated rings. The second kappa shape index (κ2) is 7.36. The first-order valence-electron chi connectivity index (χ1n) is 8.58. The molecule has 0 aliphatic carbocycles. The van der Waals surface area contributed by atoms with Crippen LogP contribution in [0.4, 0.5) is 5.69 Å². The van der Waals surface area contributed by atoms with Crippen molar-refractivity contribution in [1.82, 2.24) is 9.31 Å². The van der Waals surface area contributed by atoms with E-state index in [1.54, 1.807) is 0 Å². The number of thioether (sulfide) groups is 1. The van der Waals surface area contributed by atoms with Gasteiger partial charge in [-0.2, -0.15) is 4.57 Å². The first-order valence-corrected chi connectivity index (χ1v) is 10.6. The summed E-state index contributed by atoms with van der Waals surface area (Å²) in [4.78, 5) is 27.6. The average Bonchev–Trinajstić information content (AvgIpc) is 3.08. The number of hydrogen-bond donors (Lipinski definition) is 0. The zero-order valence-corrected chi connectivity index (χ0v) is 18.5. The molecule has 150 valence electrons. The van der Waals surface area contributed by atoms with E-state index in [9.17, 15) is 9.59 Å². The molecule has 4 rings (SSSR count). The van der Waals surface area contributed by atoms with Gasteiger partial charge >= 0.3 is 11.4 Å². The highest BCUT2D eigenvalue weighted by atomic mass is 35.5. The number of hydrogen-bond acceptors (Lipinski definition) is 5. The van der Waals surface area contributed by atoms with E-state index < -0.39 is 22.4 Å². The number of anilines is 1. The molecule has 1 unspecified atom stereocenters. The second-order valence-electron chi connectivity index (χ2n) is 6.95. The molecule has 0 saturated carbocycles. The van der Waals surface area contributed by atoms with Crippen molar-refractivity contribution in [3.8, 4) is 5.69 Å². The molecule has 0 N–H and O–H groups in total. The van der Waals surface area contributed by atoms with Crippen LogP contribution in [0.3, 0.4) is 0 Å². The average molecular weight is 468 g/mol. The van der Waals surface area contributed by atoms with Crippen LogP contribution in [0.5, 0.6) is 0 Å². The molecule has 1 aliphatic rings. The SMILES string of the molecule is CC1(C)SC(=S)N(c2ccccc2)C1n1oc(=O)n(-c2ccc(Cl)c(Cl)c2)c1=O. The first kappa shape index (κ1) is 20.3. The third-order valence-electron chi connectivity index (χ3n) is 4.57. The monoisotopic (exact) mass is 467 g/mol. The van der Waals surface area contributed by atoms with Crippen molar-refractivity contribution >= 4 is 57.2 Å². The largest absolute Gasteiger partial charge is 0.447 e. The quantitative estimate of drug-likeness (QED) is 0.519. The summed E-state index contributed by atoms with van der Waals surface area (Å²) < 4.78 is 7.46. The van der Waals surface area contributed by atoms with Crippen molar-refractivity contribution in [3.63, 3.8) is 0 Å². The molecule has 10 heteroatoms. The number of benzene rings is 2. The van der Waals surface area contributed by atoms with Crippen LogP contribution in [0.15, 0.2) is 62.6 Å². The van der Waals surface area contributed by atoms with E-state index in [4.69, 9.17) is 39.9 Å². The lowest BCUT2D eigenvalue weighted by molar-refractivity contribution is 0.182. The summed E-state index contributed by atoms with van der Waals surface area (Å²) in [6.45, 7) is 3.89. The minimum absolute atomic E-state index is 0.229. The van der Waals surface area contributed by atoms with E-state index in [1.165, 1.54) is 30.0 Å². The van der Waals surface area contributed by atoms with E-state index in [0.717, 1.165) is 15.0 Å². The third-order valence-corrected chi connectivity index (χ3v) is 6.86. The normalized spacial score (nSPS) is 18.4. The minimum atomic E-state index is -0.819. The Bertz CT molecular complexity index is 1220. The first-order chi connectivity index (χ1) is 13.7. The Kier molecular flexibility index (Phi) is 5.14. The summed E-state index contributed by atoms with van der Waals surface area (Å²) in [6.07, 6.45) is -0.633. The van der Waals surface area contributed by atoms with Gasteiger partial charge < -0.3 is 9.42 Å². The van der Waals surface area contributed by atoms with E-state index in [-0.39, 0.29) is 10.7 Å². The van der Waals surface area contributed by atoms with Gasteiger partial charge in [-0.05, 0) is 44.2 Å². The number of rotatable bonds is 3. The van der Waals surface area contributed by atoms with Gasteiger partial charge in [-0.1, -0.05) is 65.4 Å². The van der Waals surface area contributed by atoms with Crippen molar-refractivity contribution in [3.05, 3.63) is 79.6 Å². The molecule has 2 aromatic carbocycles. The van der Waals surface area contributed by atoms with Gasteiger partial charge in [0.2, 0.25) is 0 Å². The van der Waals surface area contributed by atoms with Crippen LogP contribution >= 0.6 is 47.2 Å². The molecule has 3 aromatic rings. The number of halogens is 2. The van der Waals surface area contributed by atoms with E-state index in [1.807, 2.05) is 49.1 Å². The van der Waals surface area contributed by atoms with Gasteiger partial charge in [0.1, 0.15) is 4.32 Å². The topological polar surface area (TPSA) is 60.4 Å². The van der Waals surface area contributed by atoms with Crippen LogP contribution in [-0.4, -0.2) is 18.4 Å². The Morgan fingerprint density at radius 3 is 2.38 bits per heavy atom. The summed E-state index contributed by atoms with van der Waals surface area (Å²) in [7, 11) is 0. The van der Waals surface area contributed by atoms with Crippen molar-refractivity contribution < 1.29 is 4.52 Å². The van der Waals surface area contributed by atoms with Gasteiger partial charge in [-0.15, -0.1) is 4.74 Å². The number of para-hydroxylation sites is 1. The Morgan fingerprint density at radius 1 is 1.03 bits per heavy atom. The summed E-state index contributed by atoms with van der Waals surface area (Å²) in [5, 5.41) is 0.549. The third kappa shape index (κ3) is 3.44. The summed E-state index contributed by atoms with van der Waals surface area (Å²) >= 11 is 19.0. The lowest BCUT2D eigenvalue weighted by atomic mass is 10.1. The molecule has 1 aliphatic heterocycles. The summed E-state index contributed by atoms with van der Waals surface area (Å²) in [6, 6.07) is 13.9. The van der Waals surface area contributed by atoms with Crippen LogP contribution in [-0.2, 0) is 0 Å². The van der Waals surface area contributed by atoms with Crippen LogP contribution in [0.25, 0.3) is 5.69 Å². The maximum atomic E-state index is 13.2. The fraction of sp³-hybridized carbons (Fsp3) is 0.211. The Balaban J connectivity index is 1.89. The molecule has 1 saturated heterocycles. The number of nitrogens with zero attached hydrogens (tertiary/aromatic N) is 3. The van der Waals surface area contributed by atoms with Crippen LogP contribution in [0.2, 0.25) is 10.0 Å². The molecule has 0 radical (unpaired) electrons. The minimum Gasteiger partial charge on any atom is -0.314 e. The Morgan fingerprint density at radius 2 is 1.72 bits per heavy atom. The zero-order chi connectivity index (χ0) is 20.9. The van der Waals surface area contributed by atoms with Crippen LogP contribution < -0.4 is 16.3 Å². The fourth-order valence-corrected chi connectivity index (χ4v) is 5.50. The van der Waals surface area contributed by atoms with Gasteiger partial charge in [0.05, 0.1) is 20.5 Å². The van der Waals surface area contributed by atoms with Gasteiger partial charge in [0.25, 0.3) is 0 Å². The predicted octanol–water partition coefficient (Wildman–Crippen LogP) is 4.71. The van der Waals surface area contributed by atoms with E-state index in [0.29, 0.717) is 9.34 Å². The maximum Gasteiger partial charge on any atom is 0.447 e. The highest BCUT2D eigenvalue weighted by Crippen LogP contribution is 2.48. The molecule has 29 heavy (non-hydrogen) atoms. The molecule has 1 aromatic heterocycles. The van der Waals surface area contributed by atoms with Gasteiger partial charge in [-0.3, -0.25) is 0 Å². The molecule has 0 bridgehead atoms.